The Morgan fingerprint density at radius 1 is 1.35 bits per heavy atom. The lowest BCUT2D eigenvalue weighted by Crippen LogP contribution is -2.21. The fraction of sp³-hybridized carbons (Fsp3) is 0.769. The molecule has 0 radical (unpaired) electrons. The van der Waals surface area contributed by atoms with E-state index in [4.69, 9.17) is 11.6 Å². The quantitative estimate of drug-likeness (QED) is 0.527. The van der Waals surface area contributed by atoms with E-state index in [1.54, 1.807) is 0 Å². The minimum absolute atomic E-state index is 0.783. The van der Waals surface area contributed by atoms with E-state index >= 15 is 0 Å². The Balaban J connectivity index is 2.36. The molecule has 17 heavy (non-hydrogen) atoms. The summed E-state index contributed by atoms with van der Waals surface area (Å²) in [5.41, 5.74) is 2.42. The van der Waals surface area contributed by atoms with Gasteiger partial charge in [0.15, 0.2) is 0 Å². The fourth-order valence-electron chi connectivity index (χ4n) is 2.01. The summed E-state index contributed by atoms with van der Waals surface area (Å²) in [6.07, 6.45) is 3.57. The van der Waals surface area contributed by atoms with Crippen LogP contribution in [0.15, 0.2) is 6.07 Å². The molecule has 0 spiro atoms. The van der Waals surface area contributed by atoms with Gasteiger partial charge in [0.25, 0.3) is 0 Å². The number of nitrogens with zero attached hydrogens (tertiary/aromatic N) is 3. The van der Waals surface area contributed by atoms with Crippen molar-refractivity contribution >= 4 is 11.6 Å². The first kappa shape index (κ1) is 14.5. The molecule has 0 amide bonds. The Kier molecular flexibility index (Phi) is 6.60. The summed E-state index contributed by atoms with van der Waals surface area (Å²) < 4.78 is 2.09. The molecule has 1 heterocycles. The second-order valence-corrected chi connectivity index (χ2v) is 4.96. The standard InChI is InChI=1S/C13H24ClN3/c1-4-17-13(10-12(2)15-17)11-16(3)9-7-5-6-8-14/h10H,4-9,11H2,1-3H3. The summed E-state index contributed by atoms with van der Waals surface area (Å²) in [6, 6.07) is 2.18. The highest BCUT2D eigenvalue weighted by molar-refractivity contribution is 6.17. The molecule has 0 N–H and O–H groups in total. The first-order valence-corrected chi connectivity index (χ1v) is 6.98. The maximum atomic E-state index is 5.66. The molecule has 1 aromatic rings. The van der Waals surface area contributed by atoms with Gasteiger partial charge in [0, 0.05) is 19.0 Å². The van der Waals surface area contributed by atoms with Crippen molar-refractivity contribution in [2.45, 2.75) is 46.2 Å². The third kappa shape index (κ3) is 5.09. The van der Waals surface area contributed by atoms with Crippen LogP contribution in [0.25, 0.3) is 0 Å². The van der Waals surface area contributed by atoms with Crippen molar-refractivity contribution in [1.29, 1.82) is 0 Å². The number of hydrogen-bond donors (Lipinski definition) is 0. The molecule has 0 unspecified atom stereocenters. The maximum absolute atomic E-state index is 5.66. The fourth-order valence-corrected chi connectivity index (χ4v) is 2.20. The molecule has 0 saturated heterocycles. The van der Waals surface area contributed by atoms with Gasteiger partial charge < -0.3 is 4.90 Å². The predicted molar refractivity (Wildman–Crippen MR) is 73.5 cm³/mol. The number of hydrogen-bond acceptors (Lipinski definition) is 2. The van der Waals surface area contributed by atoms with Crippen molar-refractivity contribution in [3.8, 4) is 0 Å². The number of halogens is 1. The minimum atomic E-state index is 0.783. The zero-order valence-corrected chi connectivity index (χ0v) is 12.0. The van der Waals surface area contributed by atoms with Crippen molar-refractivity contribution in [1.82, 2.24) is 14.7 Å². The SMILES string of the molecule is CCn1nc(C)cc1CN(C)CCCCCCl. The molecule has 0 atom stereocenters. The van der Waals surface area contributed by atoms with E-state index in [0.29, 0.717) is 0 Å². The van der Waals surface area contributed by atoms with Crippen LogP contribution in [0.3, 0.4) is 0 Å². The van der Waals surface area contributed by atoms with Gasteiger partial charge in [0.2, 0.25) is 0 Å². The van der Waals surface area contributed by atoms with Crippen LogP contribution in [-0.4, -0.2) is 34.2 Å². The molecule has 4 heteroatoms. The number of alkyl halides is 1. The highest BCUT2D eigenvalue weighted by atomic mass is 35.5. The third-order valence-electron chi connectivity index (χ3n) is 2.89. The zero-order valence-electron chi connectivity index (χ0n) is 11.2. The van der Waals surface area contributed by atoms with Gasteiger partial charge in [-0.15, -0.1) is 11.6 Å². The zero-order chi connectivity index (χ0) is 12.7. The topological polar surface area (TPSA) is 21.1 Å². The molecule has 98 valence electrons. The average molecular weight is 258 g/mol. The molecular weight excluding hydrogens is 234 g/mol. The summed E-state index contributed by atoms with van der Waals surface area (Å²) >= 11 is 5.66. The van der Waals surface area contributed by atoms with Gasteiger partial charge in [-0.25, -0.2) is 0 Å². The molecule has 3 nitrogen and oxygen atoms in total. The second-order valence-electron chi connectivity index (χ2n) is 4.58. The van der Waals surface area contributed by atoms with Gasteiger partial charge in [-0.05, 0) is 46.3 Å². The van der Waals surface area contributed by atoms with Crippen LogP contribution in [0.2, 0.25) is 0 Å². The number of aryl methyl sites for hydroxylation is 2. The van der Waals surface area contributed by atoms with E-state index in [1.165, 1.54) is 18.5 Å². The van der Waals surface area contributed by atoms with Gasteiger partial charge in [0.05, 0.1) is 11.4 Å². The van der Waals surface area contributed by atoms with Crippen molar-refractivity contribution in [2.75, 3.05) is 19.5 Å². The molecule has 0 bridgehead atoms. The minimum Gasteiger partial charge on any atom is -0.301 e. The molecule has 0 fully saturated rings. The molecule has 0 aromatic carbocycles. The van der Waals surface area contributed by atoms with E-state index in [2.05, 4.69) is 41.6 Å². The lowest BCUT2D eigenvalue weighted by Gasteiger charge is -2.16. The highest BCUT2D eigenvalue weighted by Crippen LogP contribution is 2.08. The third-order valence-corrected chi connectivity index (χ3v) is 3.16. The van der Waals surface area contributed by atoms with Crippen LogP contribution >= 0.6 is 11.6 Å². The van der Waals surface area contributed by atoms with Crippen LogP contribution < -0.4 is 0 Å². The van der Waals surface area contributed by atoms with Gasteiger partial charge in [-0.3, -0.25) is 4.68 Å². The first-order valence-electron chi connectivity index (χ1n) is 6.45. The van der Waals surface area contributed by atoms with E-state index in [-0.39, 0.29) is 0 Å². The summed E-state index contributed by atoms with van der Waals surface area (Å²) in [5, 5.41) is 4.46. The molecule has 0 aliphatic carbocycles. The molecule has 0 saturated carbocycles. The summed E-state index contributed by atoms with van der Waals surface area (Å²) in [7, 11) is 2.17. The average Bonchev–Trinajstić information content (AvgIpc) is 2.65. The molecule has 1 rings (SSSR count). The molecule has 0 aliphatic heterocycles. The molecule has 1 aromatic heterocycles. The Morgan fingerprint density at radius 3 is 2.76 bits per heavy atom. The number of aromatic nitrogens is 2. The summed E-state index contributed by atoms with van der Waals surface area (Å²) in [5.74, 6) is 0.783. The largest absolute Gasteiger partial charge is 0.301 e. The normalized spacial score (nSPS) is 11.4. The Bertz CT molecular complexity index is 322. The molecular formula is C13H24ClN3. The van der Waals surface area contributed by atoms with E-state index in [9.17, 15) is 0 Å². The second kappa shape index (κ2) is 7.72. The number of rotatable bonds is 8. The lowest BCUT2D eigenvalue weighted by atomic mass is 10.2. The molecule has 0 aliphatic rings. The van der Waals surface area contributed by atoms with Crippen molar-refractivity contribution < 1.29 is 0 Å². The monoisotopic (exact) mass is 257 g/mol. The predicted octanol–water partition coefficient (Wildman–Crippen LogP) is 3.05. The summed E-state index contributed by atoms with van der Waals surface area (Å²) in [4.78, 5) is 2.36. The van der Waals surface area contributed by atoms with Crippen LogP contribution in [0.4, 0.5) is 0 Å². The van der Waals surface area contributed by atoms with Crippen LogP contribution in [0.1, 0.15) is 37.6 Å². The van der Waals surface area contributed by atoms with E-state index in [1.807, 2.05) is 0 Å². The Morgan fingerprint density at radius 2 is 2.12 bits per heavy atom. The van der Waals surface area contributed by atoms with Crippen molar-refractivity contribution in [3.63, 3.8) is 0 Å². The highest BCUT2D eigenvalue weighted by Gasteiger charge is 2.06. The van der Waals surface area contributed by atoms with Crippen LogP contribution in [0.5, 0.6) is 0 Å². The van der Waals surface area contributed by atoms with Crippen molar-refractivity contribution in [3.05, 3.63) is 17.5 Å². The Hall–Kier alpha value is -0.540. The van der Waals surface area contributed by atoms with Crippen molar-refractivity contribution in [2.24, 2.45) is 0 Å². The van der Waals surface area contributed by atoms with Crippen LogP contribution in [-0.2, 0) is 13.1 Å². The van der Waals surface area contributed by atoms with Gasteiger partial charge in [-0.2, -0.15) is 5.10 Å². The number of unbranched alkanes of at least 4 members (excludes halogenated alkanes) is 2. The lowest BCUT2D eigenvalue weighted by molar-refractivity contribution is 0.307. The maximum Gasteiger partial charge on any atom is 0.0597 e. The van der Waals surface area contributed by atoms with Gasteiger partial charge in [-0.1, -0.05) is 6.42 Å². The summed E-state index contributed by atoms with van der Waals surface area (Å²) in [6.45, 7) is 7.25. The first-order chi connectivity index (χ1) is 8.17. The van der Waals surface area contributed by atoms with E-state index in [0.717, 1.165) is 37.6 Å². The van der Waals surface area contributed by atoms with Gasteiger partial charge in [0.1, 0.15) is 0 Å². The van der Waals surface area contributed by atoms with Gasteiger partial charge >= 0.3 is 0 Å². The van der Waals surface area contributed by atoms with E-state index < -0.39 is 0 Å². The Labute approximate surface area is 110 Å². The smallest absolute Gasteiger partial charge is 0.0597 e. The van der Waals surface area contributed by atoms with Crippen LogP contribution in [0, 0.1) is 6.92 Å².